The largest absolute Gasteiger partial charge is 0.756 e. The summed E-state index contributed by atoms with van der Waals surface area (Å²) in [4.78, 5) is 25.0. The topological polar surface area (TPSA) is 94.1 Å². The molecule has 9 heteroatoms. The molecule has 0 amide bonds. The second-order valence-corrected chi connectivity index (χ2v) is 16.8. The summed E-state index contributed by atoms with van der Waals surface area (Å²) in [6.45, 7) is 5.39. The maximum atomic E-state index is 12.6. The molecule has 0 radical (unpaired) electrons. The molecule has 0 heterocycles. The van der Waals surface area contributed by atoms with Gasteiger partial charge in [-0.2, -0.15) is 0 Å². The smallest absolute Gasteiger partial charge is 0.306 e. The number of allylic oxidation sites excluding steroid dienone is 2. The molecule has 0 rings (SSSR count). The molecule has 0 saturated carbocycles. The molecular formula is C41H82NO7P. The summed E-state index contributed by atoms with van der Waals surface area (Å²) in [5, 5.41) is 0. The van der Waals surface area contributed by atoms with Crippen molar-refractivity contribution in [1.29, 1.82) is 0 Å². The molecule has 0 aromatic rings. The zero-order chi connectivity index (χ0) is 37.0. The molecule has 8 nitrogen and oxygen atoms in total. The Morgan fingerprint density at radius 3 is 1.58 bits per heavy atom. The number of rotatable bonds is 39. The Labute approximate surface area is 310 Å². The van der Waals surface area contributed by atoms with Crippen molar-refractivity contribution in [2.75, 3.05) is 54.1 Å². The van der Waals surface area contributed by atoms with Crippen molar-refractivity contribution in [1.82, 2.24) is 0 Å². The summed E-state index contributed by atoms with van der Waals surface area (Å²) in [7, 11) is 1.36. The average molecular weight is 732 g/mol. The molecule has 0 spiro atoms. The number of unbranched alkanes of at least 4 members (excludes halogenated alkanes) is 23. The van der Waals surface area contributed by atoms with Crippen molar-refractivity contribution < 1.29 is 37.3 Å². The zero-order valence-corrected chi connectivity index (χ0v) is 34.5. The number of carbonyl (C=O) groups excluding carboxylic acids is 1. The van der Waals surface area contributed by atoms with E-state index >= 15 is 0 Å². The first kappa shape index (κ1) is 49.2. The summed E-state index contributed by atoms with van der Waals surface area (Å²) < 4.78 is 34.5. The average Bonchev–Trinajstić information content (AvgIpc) is 3.06. The second kappa shape index (κ2) is 35.3. The molecule has 2 atom stereocenters. The number of likely N-dealkylation sites (N-methyl/N-ethyl adjacent to an activating group) is 1. The number of esters is 1. The Hall–Kier alpha value is -0.760. The van der Waals surface area contributed by atoms with Crippen LogP contribution < -0.4 is 4.89 Å². The van der Waals surface area contributed by atoms with E-state index in [0.29, 0.717) is 24.1 Å². The van der Waals surface area contributed by atoms with Gasteiger partial charge in [-0.1, -0.05) is 161 Å². The summed E-state index contributed by atoms with van der Waals surface area (Å²) >= 11 is 0. The molecule has 2 unspecified atom stereocenters. The predicted octanol–water partition coefficient (Wildman–Crippen LogP) is 11.3. The third-order valence-electron chi connectivity index (χ3n) is 9.07. The number of hydrogen-bond donors (Lipinski definition) is 0. The van der Waals surface area contributed by atoms with Crippen LogP contribution in [0.15, 0.2) is 12.2 Å². The number of phosphoric ester groups is 1. The van der Waals surface area contributed by atoms with E-state index in [9.17, 15) is 14.3 Å². The molecular weight excluding hydrogens is 649 g/mol. The molecule has 0 aromatic heterocycles. The molecule has 0 bridgehead atoms. The van der Waals surface area contributed by atoms with Gasteiger partial charge in [0.15, 0.2) is 0 Å². The van der Waals surface area contributed by atoms with Gasteiger partial charge in [-0.05, 0) is 32.1 Å². The van der Waals surface area contributed by atoms with Gasteiger partial charge in [0, 0.05) is 13.0 Å². The minimum absolute atomic E-state index is 0.0279. The SMILES string of the molecule is CCCC/C=C\CCCCCCCCOCC(COP(=O)([O-])OCC[N+](C)(C)C)OC(=O)CCCCCCCCCCCCCCCCCC. The van der Waals surface area contributed by atoms with Crippen molar-refractivity contribution in [3.05, 3.63) is 12.2 Å². The van der Waals surface area contributed by atoms with E-state index in [4.69, 9.17) is 18.5 Å². The highest BCUT2D eigenvalue weighted by Crippen LogP contribution is 2.38. The van der Waals surface area contributed by atoms with Gasteiger partial charge in [-0.15, -0.1) is 0 Å². The standard InChI is InChI=1S/C41H82NO7P/c1-6-8-10-12-14-16-18-20-21-22-23-24-26-28-30-32-34-41(43)49-40(39-48-50(44,45)47-37-35-42(3,4)5)38-46-36-33-31-29-27-25-19-17-15-13-11-9-7-2/h13,15,40H,6-12,14,16-39H2,1-5H3/b15-13-. The van der Waals surface area contributed by atoms with Gasteiger partial charge in [0.05, 0.1) is 34.4 Å². The summed E-state index contributed by atoms with van der Waals surface area (Å²) in [6, 6.07) is 0. The molecule has 0 aliphatic carbocycles. The minimum atomic E-state index is -4.51. The van der Waals surface area contributed by atoms with Crippen molar-refractivity contribution in [2.24, 2.45) is 0 Å². The number of ether oxygens (including phenoxy) is 2. The second-order valence-electron chi connectivity index (χ2n) is 15.4. The Bertz CT molecular complexity index is 817. The van der Waals surface area contributed by atoms with E-state index in [2.05, 4.69) is 26.0 Å². The highest BCUT2D eigenvalue weighted by atomic mass is 31.2. The molecule has 298 valence electrons. The van der Waals surface area contributed by atoms with Gasteiger partial charge in [0.2, 0.25) is 0 Å². The van der Waals surface area contributed by atoms with E-state index in [1.54, 1.807) is 0 Å². The summed E-state index contributed by atoms with van der Waals surface area (Å²) in [6.07, 6.45) is 36.4. The van der Waals surface area contributed by atoms with E-state index < -0.39 is 13.9 Å². The molecule has 0 aliphatic rings. The lowest BCUT2D eigenvalue weighted by atomic mass is 10.0. The Kier molecular flexibility index (Phi) is 34.7. The quantitative estimate of drug-likeness (QED) is 0.0204. The van der Waals surface area contributed by atoms with E-state index in [-0.39, 0.29) is 25.8 Å². The molecule has 0 fully saturated rings. The van der Waals surface area contributed by atoms with Crippen molar-refractivity contribution in [3.63, 3.8) is 0 Å². The van der Waals surface area contributed by atoms with E-state index in [0.717, 1.165) is 32.1 Å². The van der Waals surface area contributed by atoms with Crippen LogP contribution in [0.3, 0.4) is 0 Å². The first-order valence-electron chi connectivity index (χ1n) is 20.9. The summed E-state index contributed by atoms with van der Waals surface area (Å²) in [5.74, 6) is -0.334. The van der Waals surface area contributed by atoms with Gasteiger partial charge < -0.3 is 27.9 Å². The lowest BCUT2D eigenvalue weighted by molar-refractivity contribution is -0.870. The maximum absolute atomic E-state index is 12.6. The Balaban J connectivity index is 4.22. The lowest BCUT2D eigenvalue weighted by Crippen LogP contribution is -2.37. The molecule has 0 saturated heterocycles. The fourth-order valence-electron chi connectivity index (χ4n) is 5.76. The van der Waals surface area contributed by atoms with Crippen molar-refractivity contribution in [2.45, 2.75) is 193 Å². The lowest BCUT2D eigenvalue weighted by Gasteiger charge is -2.28. The van der Waals surface area contributed by atoms with Crippen LogP contribution in [0.25, 0.3) is 0 Å². The fourth-order valence-corrected chi connectivity index (χ4v) is 6.49. The number of phosphoric acid groups is 1. The van der Waals surface area contributed by atoms with Crippen LogP contribution in [0, 0.1) is 0 Å². The predicted molar refractivity (Wildman–Crippen MR) is 208 cm³/mol. The van der Waals surface area contributed by atoms with Crippen LogP contribution in [-0.2, 0) is 27.9 Å². The highest BCUT2D eigenvalue weighted by Gasteiger charge is 2.20. The third kappa shape index (κ3) is 38.5. The van der Waals surface area contributed by atoms with Gasteiger partial charge in [-0.3, -0.25) is 9.36 Å². The van der Waals surface area contributed by atoms with E-state index in [1.165, 1.54) is 135 Å². The van der Waals surface area contributed by atoms with Gasteiger partial charge in [0.1, 0.15) is 19.3 Å². The normalized spacial score (nSPS) is 14.0. The minimum Gasteiger partial charge on any atom is -0.756 e. The number of carbonyl (C=O) groups is 1. The van der Waals surface area contributed by atoms with E-state index in [1.807, 2.05) is 21.1 Å². The van der Waals surface area contributed by atoms with Crippen molar-refractivity contribution in [3.8, 4) is 0 Å². The first-order chi connectivity index (χ1) is 24.1. The molecule has 0 aliphatic heterocycles. The van der Waals surface area contributed by atoms with Gasteiger partial charge >= 0.3 is 5.97 Å². The van der Waals surface area contributed by atoms with Crippen LogP contribution in [-0.4, -0.2) is 70.7 Å². The Morgan fingerprint density at radius 2 is 1.06 bits per heavy atom. The molecule has 0 N–H and O–H groups in total. The van der Waals surface area contributed by atoms with Crippen LogP contribution in [0.5, 0.6) is 0 Å². The van der Waals surface area contributed by atoms with Gasteiger partial charge in [-0.25, -0.2) is 0 Å². The third-order valence-corrected chi connectivity index (χ3v) is 10.0. The fraction of sp³-hybridized carbons (Fsp3) is 0.927. The maximum Gasteiger partial charge on any atom is 0.306 e. The van der Waals surface area contributed by atoms with Gasteiger partial charge in [0.25, 0.3) is 7.82 Å². The van der Waals surface area contributed by atoms with Crippen LogP contribution >= 0.6 is 7.82 Å². The van der Waals surface area contributed by atoms with Crippen LogP contribution in [0.4, 0.5) is 0 Å². The van der Waals surface area contributed by atoms with Crippen LogP contribution in [0.2, 0.25) is 0 Å². The first-order valence-corrected chi connectivity index (χ1v) is 22.4. The summed E-state index contributed by atoms with van der Waals surface area (Å²) in [5.41, 5.74) is 0. The molecule has 0 aromatic carbocycles. The Morgan fingerprint density at radius 1 is 0.600 bits per heavy atom. The highest BCUT2D eigenvalue weighted by molar-refractivity contribution is 7.45. The number of quaternary nitrogens is 1. The molecule has 50 heavy (non-hydrogen) atoms. The van der Waals surface area contributed by atoms with Crippen molar-refractivity contribution >= 4 is 13.8 Å². The zero-order valence-electron chi connectivity index (χ0n) is 33.6. The monoisotopic (exact) mass is 732 g/mol. The number of nitrogens with zero attached hydrogens (tertiary/aromatic N) is 1. The number of hydrogen-bond acceptors (Lipinski definition) is 7. The van der Waals surface area contributed by atoms with Crippen LogP contribution in [0.1, 0.15) is 187 Å².